The number of ether oxygens (including phenoxy) is 1. The summed E-state index contributed by atoms with van der Waals surface area (Å²) in [5.74, 6) is 0.834. The van der Waals surface area contributed by atoms with Crippen LogP contribution in [0.3, 0.4) is 0 Å². The highest BCUT2D eigenvalue weighted by Gasteiger charge is 2.22. The van der Waals surface area contributed by atoms with Gasteiger partial charge in [-0.25, -0.2) is 0 Å². The highest BCUT2D eigenvalue weighted by molar-refractivity contribution is 4.82. The van der Waals surface area contributed by atoms with Crippen LogP contribution in [0.1, 0.15) is 32.6 Å². The second kappa shape index (κ2) is 5.83. The Hall–Kier alpha value is -0.120. The minimum absolute atomic E-state index is 0.534. The van der Waals surface area contributed by atoms with Crippen molar-refractivity contribution in [1.29, 1.82) is 0 Å². The van der Waals surface area contributed by atoms with E-state index in [2.05, 4.69) is 17.6 Å². The van der Waals surface area contributed by atoms with E-state index in [9.17, 15) is 0 Å². The third-order valence-corrected chi connectivity index (χ3v) is 3.72. The molecule has 2 fully saturated rings. The summed E-state index contributed by atoms with van der Waals surface area (Å²) in [6, 6.07) is 0.689. The van der Waals surface area contributed by atoms with Crippen molar-refractivity contribution >= 4 is 0 Å². The summed E-state index contributed by atoms with van der Waals surface area (Å²) >= 11 is 0. The van der Waals surface area contributed by atoms with E-state index in [1.807, 2.05) is 0 Å². The van der Waals surface area contributed by atoms with Crippen LogP contribution >= 0.6 is 0 Å². The summed E-state index contributed by atoms with van der Waals surface area (Å²) in [5.41, 5.74) is 0. The lowest BCUT2D eigenvalue weighted by Gasteiger charge is -2.17. The maximum atomic E-state index is 5.59. The third kappa shape index (κ3) is 3.44. The van der Waals surface area contributed by atoms with Crippen molar-refractivity contribution in [2.45, 2.75) is 44.8 Å². The first-order valence-electron chi connectivity index (χ1n) is 6.42. The van der Waals surface area contributed by atoms with Crippen molar-refractivity contribution in [2.75, 3.05) is 26.2 Å². The van der Waals surface area contributed by atoms with Crippen LogP contribution in [0.4, 0.5) is 0 Å². The molecule has 0 bridgehead atoms. The zero-order chi connectivity index (χ0) is 10.5. The van der Waals surface area contributed by atoms with Gasteiger partial charge in [0.15, 0.2) is 0 Å². The molecule has 2 aliphatic heterocycles. The number of rotatable bonds is 5. The molecular formula is C12H24N2O. The van der Waals surface area contributed by atoms with Crippen LogP contribution in [0.15, 0.2) is 0 Å². The highest BCUT2D eigenvalue weighted by Crippen LogP contribution is 2.15. The first kappa shape index (κ1) is 11.4. The first-order chi connectivity index (χ1) is 7.36. The Morgan fingerprint density at radius 3 is 3.00 bits per heavy atom. The van der Waals surface area contributed by atoms with Crippen LogP contribution in [-0.2, 0) is 4.74 Å². The highest BCUT2D eigenvalue weighted by atomic mass is 16.5. The van der Waals surface area contributed by atoms with Crippen molar-refractivity contribution in [3.05, 3.63) is 0 Å². The Labute approximate surface area is 93.0 Å². The van der Waals surface area contributed by atoms with Gasteiger partial charge in [-0.1, -0.05) is 6.92 Å². The van der Waals surface area contributed by atoms with Crippen molar-refractivity contribution in [3.63, 3.8) is 0 Å². The van der Waals surface area contributed by atoms with Crippen LogP contribution < -0.4 is 10.6 Å². The van der Waals surface area contributed by atoms with Gasteiger partial charge in [0.1, 0.15) is 0 Å². The molecule has 88 valence electrons. The predicted molar refractivity (Wildman–Crippen MR) is 62.0 cm³/mol. The molecule has 0 amide bonds. The van der Waals surface area contributed by atoms with Gasteiger partial charge in [-0.3, -0.25) is 0 Å². The second-order valence-corrected chi connectivity index (χ2v) is 4.95. The molecule has 0 spiro atoms. The van der Waals surface area contributed by atoms with Gasteiger partial charge < -0.3 is 15.4 Å². The van der Waals surface area contributed by atoms with Gasteiger partial charge in [0.2, 0.25) is 0 Å². The van der Waals surface area contributed by atoms with Crippen molar-refractivity contribution < 1.29 is 4.74 Å². The van der Waals surface area contributed by atoms with Crippen LogP contribution in [0.25, 0.3) is 0 Å². The Bertz CT molecular complexity index is 180. The summed E-state index contributed by atoms with van der Waals surface area (Å²) in [4.78, 5) is 0. The molecule has 2 heterocycles. The fourth-order valence-corrected chi connectivity index (χ4v) is 2.56. The average Bonchev–Trinajstić information content (AvgIpc) is 2.85. The van der Waals surface area contributed by atoms with E-state index in [0.29, 0.717) is 12.1 Å². The molecule has 2 aliphatic rings. The maximum Gasteiger partial charge on any atom is 0.0588 e. The average molecular weight is 212 g/mol. The van der Waals surface area contributed by atoms with E-state index in [4.69, 9.17) is 4.74 Å². The van der Waals surface area contributed by atoms with Crippen molar-refractivity contribution in [1.82, 2.24) is 10.6 Å². The van der Waals surface area contributed by atoms with Crippen LogP contribution in [-0.4, -0.2) is 38.4 Å². The fraction of sp³-hybridized carbons (Fsp3) is 1.00. The Morgan fingerprint density at radius 2 is 2.33 bits per heavy atom. The summed E-state index contributed by atoms with van der Waals surface area (Å²) in [6.45, 7) is 6.74. The van der Waals surface area contributed by atoms with Gasteiger partial charge in [0.25, 0.3) is 0 Å². The lowest BCUT2D eigenvalue weighted by molar-refractivity contribution is 0.104. The molecule has 0 aromatic rings. The number of hydrogen-bond donors (Lipinski definition) is 2. The smallest absolute Gasteiger partial charge is 0.0588 e. The molecule has 3 heteroatoms. The van der Waals surface area contributed by atoms with Gasteiger partial charge in [0.05, 0.1) is 6.10 Å². The fourth-order valence-electron chi connectivity index (χ4n) is 2.56. The summed E-state index contributed by atoms with van der Waals surface area (Å²) in [6.07, 6.45) is 5.57. The van der Waals surface area contributed by atoms with E-state index >= 15 is 0 Å². The largest absolute Gasteiger partial charge is 0.378 e. The Morgan fingerprint density at radius 1 is 1.40 bits per heavy atom. The Kier molecular flexibility index (Phi) is 4.42. The number of nitrogens with one attached hydrogen (secondary N) is 2. The lowest BCUT2D eigenvalue weighted by Crippen LogP contribution is -2.38. The van der Waals surface area contributed by atoms with Gasteiger partial charge in [-0.05, 0) is 44.7 Å². The molecule has 0 aromatic carbocycles. The molecule has 3 unspecified atom stereocenters. The topological polar surface area (TPSA) is 33.3 Å². The van der Waals surface area contributed by atoms with E-state index in [1.54, 1.807) is 0 Å². The molecule has 3 nitrogen and oxygen atoms in total. The zero-order valence-electron chi connectivity index (χ0n) is 9.80. The SMILES string of the molecule is CC1CCNC1CNCCC1CCCO1. The quantitative estimate of drug-likeness (QED) is 0.671. The van der Waals surface area contributed by atoms with Gasteiger partial charge in [-0.2, -0.15) is 0 Å². The normalized spacial score (nSPS) is 36.2. The van der Waals surface area contributed by atoms with E-state index in [1.165, 1.54) is 32.2 Å². The second-order valence-electron chi connectivity index (χ2n) is 4.95. The molecule has 3 atom stereocenters. The molecule has 2 N–H and O–H groups in total. The minimum Gasteiger partial charge on any atom is -0.378 e. The monoisotopic (exact) mass is 212 g/mol. The van der Waals surface area contributed by atoms with Crippen LogP contribution in [0.5, 0.6) is 0 Å². The molecule has 0 radical (unpaired) electrons. The van der Waals surface area contributed by atoms with Gasteiger partial charge in [0, 0.05) is 19.2 Å². The summed E-state index contributed by atoms with van der Waals surface area (Å²) < 4.78 is 5.59. The molecule has 2 rings (SSSR count). The Balaban J connectivity index is 1.51. The molecule has 2 saturated heterocycles. The van der Waals surface area contributed by atoms with Crippen molar-refractivity contribution in [2.24, 2.45) is 5.92 Å². The van der Waals surface area contributed by atoms with Crippen LogP contribution in [0, 0.1) is 5.92 Å². The first-order valence-corrected chi connectivity index (χ1v) is 6.42. The van der Waals surface area contributed by atoms with Crippen molar-refractivity contribution in [3.8, 4) is 0 Å². The third-order valence-electron chi connectivity index (χ3n) is 3.72. The minimum atomic E-state index is 0.534. The van der Waals surface area contributed by atoms with E-state index < -0.39 is 0 Å². The van der Waals surface area contributed by atoms with Gasteiger partial charge >= 0.3 is 0 Å². The molecule has 15 heavy (non-hydrogen) atoms. The zero-order valence-corrected chi connectivity index (χ0v) is 9.80. The molecular weight excluding hydrogens is 188 g/mol. The standard InChI is InChI=1S/C12H24N2O/c1-10-4-7-14-12(10)9-13-6-5-11-3-2-8-15-11/h10-14H,2-9H2,1H3. The van der Waals surface area contributed by atoms with Crippen LogP contribution in [0.2, 0.25) is 0 Å². The number of hydrogen-bond acceptors (Lipinski definition) is 3. The molecule has 0 aliphatic carbocycles. The van der Waals surface area contributed by atoms with Gasteiger partial charge in [-0.15, -0.1) is 0 Å². The summed E-state index contributed by atoms with van der Waals surface area (Å²) in [5, 5.41) is 7.08. The summed E-state index contributed by atoms with van der Waals surface area (Å²) in [7, 11) is 0. The predicted octanol–water partition coefficient (Wildman–Crippen LogP) is 1.14. The lowest BCUT2D eigenvalue weighted by atomic mass is 10.0. The van der Waals surface area contributed by atoms with E-state index in [0.717, 1.165) is 25.6 Å². The van der Waals surface area contributed by atoms with E-state index in [-0.39, 0.29) is 0 Å². The molecule has 0 aromatic heterocycles. The maximum absolute atomic E-state index is 5.59. The molecule has 0 saturated carbocycles.